The molecule has 1 aliphatic carbocycles. The molecular formula is C28H30N4O5S. The first-order valence-corrected chi connectivity index (χ1v) is 13.7. The minimum atomic E-state index is -0.248. The predicted molar refractivity (Wildman–Crippen MR) is 143 cm³/mol. The molecule has 1 atom stereocenters. The molecule has 2 aliphatic heterocycles. The van der Waals surface area contributed by atoms with Crippen molar-refractivity contribution in [2.24, 2.45) is 0 Å². The zero-order valence-corrected chi connectivity index (χ0v) is 22.1. The summed E-state index contributed by atoms with van der Waals surface area (Å²) in [5.74, 6) is 1.96. The van der Waals surface area contributed by atoms with E-state index in [2.05, 4.69) is 16.3 Å². The molecule has 1 fully saturated rings. The lowest BCUT2D eigenvalue weighted by Gasteiger charge is -2.37. The van der Waals surface area contributed by atoms with Gasteiger partial charge in [-0.3, -0.25) is 19.8 Å². The lowest BCUT2D eigenvalue weighted by molar-refractivity contribution is -0.135. The number of aryl methyl sites for hydroxylation is 1. The number of rotatable bonds is 6. The van der Waals surface area contributed by atoms with E-state index in [1.165, 1.54) is 16.9 Å². The van der Waals surface area contributed by atoms with Gasteiger partial charge in [-0.25, -0.2) is 4.98 Å². The van der Waals surface area contributed by atoms with Gasteiger partial charge in [0.25, 0.3) is 5.91 Å². The van der Waals surface area contributed by atoms with Crippen molar-refractivity contribution in [3.63, 3.8) is 0 Å². The van der Waals surface area contributed by atoms with Gasteiger partial charge in [0.2, 0.25) is 12.7 Å². The fourth-order valence-electron chi connectivity index (χ4n) is 5.27. The minimum absolute atomic E-state index is 0.145. The summed E-state index contributed by atoms with van der Waals surface area (Å²) in [5, 5.41) is 3.46. The molecule has 0 spiro atoms. The Balaban J connectivity index is 1.07. The van der Waals surface area contributed by atoms with Crippen molar-refractivity contribution in [3.05, 3.63) is 64.2 Å². The van der Waals surface area contributed by atoms with Crippen LogP contribution >= 0.6 is 11.3 Å². The topological polar surface area (TPSA) is 93.2 Å². The van der Waals surface area contributed by atoms with Crippen molar-refractivity contribution < 1.29 is 23.8 Å². The Hall–Kier alpha value is -3.63. The van der Waals surface area contributed by atoms with Crippen LogP contribution in [0.25, 0.3) is 0 Å². The summed E-state index contributed by atoms with van der Waals surface area (Å²) in [6.07, 6.45) is 2.62. The smallest absolute Gasteiger partial charge is 0.257 e. The molecule has 10 heteroatoms. The van der Waals surface area contributed by atoms with Gasteiger partial charge in [-0.1, -0.05) is 6.07 Å². The monoisotopic (exact) mass is 534 g/mol. The Labute approximate surface area is 225 Å². The van der Waals surface area contributed by atoms with Crippen molar-refractivity contribution in [1.82, 2.24) is 14.8 Å². The number of nitrogens with zero attached hydrogens (tertiary/aromatic N) is 3. The van der Waals surface area contributed by atoms with Gasteiger partial charge in [-0.05, 0) is 61.2 Å². The van der Waals surface area contributed by atoms with E-state index in [1.807, 2.05) is 17.0 Å². The van der Waals surface area contributed by atoms with E-state index >= 15 is 0 Å². The summed E-state index contributed by atoms with van der Waals surface area (Å²) in [4.78, 5) is 36.5. The van der Waals surface area contributed by atoms with E-state index in [4.69, 9.17) is 19.2 Å². The SMILES string of the molecule is COc1ccc(C(=O)Nc2nc3c(s2)CCCC3C(=O)N2CCN(Cc3ccc4c(c3)OCO4)CC2)cc1. The molecule has 3 aromatic rings. The summed E-state index contributed by atoms with van der Waals surface area (Å²) >= 11 is 1.48. The highest BCUT2D eigenvalue weighted by Gasteiger charge is 2.34. The Kier molecular flexibility index (Phi) is 6.90. The molecule has 1 N–H and O–H groups in total. The maximum atomic E-state index is 13.6. The maximum Gasteiger partial charge on any atom is 0.257 e. The normalized spacial score (nSPS) is 18.7. The second-order valence-electron chi connectivity index (χ2n) is 9.74. The third-order valence-corrected chi connectivity index (χ3v) is 8.40. The molecule has 0 bridgehead atoms. The van der Waals surface area contributed by atoms with Crippen LogP contribution in [0.4, 0.5) is 5.13 Å². The number of ether oxygens (including phenoxy) is 3. The number of hydrogen-bond donors (Lipinski definition) is 1. The standard InChI is InChI=1S/C28H30N4O5S/c1-35-20-8-6-19(7-9-20)26(33)30-28-29-25-21(3-2-4-24(25)38-28)27(34)32-13-11-31(12-14-32)16-18-5-10-22-23(15-18)37-17-36-22/h5-10,15,21H,2-4,11-14,16-17H2,1H3,(H,29,30,33). The van der Waals surface area contributed by atoms with Gasteiger partial charge in [0.15, 0.2) is 16.6 Å². The lowest BCUT2D eigenvalue weighted by atomic mass is 9.89. The lowest BCUT2D eigenvalue weighted by Crippen LogP contribution is -2.49. The largest absolute Gasteiger partial charge is 0.497 e. The van der Waals surface area contributed by atoms with Crippen LogP contribution in [0.3, 0.4) is 0 Å². The summed E-state index contributed by atoms with van der Waals surface area (Å²) < 4.78 is 16.1. The van der Waals surface area contributed by atoms with Crippen LogP contribution in [0.5, 0.6) is 17.2 Å². The third-order valence-electron chi connectivity index (χ3n) is 7.35. The molecule has 0 saturated carbocycles. The van der Waals surface area contributed by atoms with Crippen molar-refractivity contribution in [2.75, 3.05) is 45.4 Å². The fraction of sp³-hybridized carbons (Fsp3) is 0.393. The van der Waals surface area contributed by atoms with Crippen LogP contribution in [-0.4, -0.2) is 66.7 Å². The Morgan fingerprint density at radius 2 is 1.87 bits per heavy atom. The maximum absolute atomic E-state index is 13.6. The molecule has 3 heterocycles. The van der Waals surface area contributed by atoms with Crippen molar-refractivity contribution in [3.8, 4) is 17.2 Å². The molecule has 198 valence electrons. The van der Waals surface area contributed by atoms with Gasteiger partial charge in [0.1, 0.15) is 5.75 Å². The number of aromatic nitrogens is 1. The van der Waals surface area contributed by atoms with Gasteiger partial charge >= 0.3 is 0 Å². The fourth-order valence-corrected chi connectivity index (χ4v) is 6.33. The minimum Gasteiger partial charge on any atom is -0.497 e. The molecular weight excluding hydrogens is 504 g/mol. The number of piperazine rings is 1. The quantitative estimate of drug-likeness (QED) is 0.513. The molecule has 38 heavy (non-hydrogen) atoms. The van der Waals surface area contributed by atoms with Gasteiger partial charge < -0.3 is 19.1 Å². The van der Waals surface area contributed by atoms with Gasteiger partial charge in [-0.15, -0.1) is 11.3 Å². The van der Waals surface area contributed by atoms with Crippen LogP contribution in [0.2, 0.25) is 0 Å². The van der Waals surface area contributed by atoms with E-state index in [0.29, 0.717) is 29.5 Å². The number of benzene rings is 2. The highest BCUT2D eigenvalue weighted by atomic mass is 32.1. The number of thiazole rings is 1. The number of carbonyl (C=O) groups excluding carboxylic acids is 2. The van der Waals surface area contributed by atoms with Crippen LogP contribution in [0, 0.1) is 0 Å². The Morgan fingerprint density at radius 3 is 2.66 bits per heavy atom. The summed E-state index contributed by atoms with van der Waals surface area (Å²) in [5.41, 5.74) is 2.54. The average Bonchev–Trinajstić information content (AvgIpc) is 3.59. The molecule has 9 nitrogen and oxygen atoms in total. The Morgan fingerprint density at radius 1 is 1.08 bits per heavy atom. The zero-order chi connectivity index (χ0) is 26.1. The van der Waals surface area contributed by atoms with E-state index in [9.17, 15) is 9.59 Å². The number of methoxy groups -OCH3 is 1. The summed E-state index contributed by atoms with van der Waals surface area (Å²) in [6.45, 7) is 4.12. The molecule has 2 aromatic carbocycles. The van der Waals surface area contributed by atoms with Crippen LogP contribution in [0.1, 0.15) is 45.3 Å². The second-order valence-corrected chi connectivity index (χ2v) is 10.8. The van der Waals surface area contributed by atoms with Crippen LogP contribution < -0.4 is 19.5 Å². The van der Waals surface area contributed by atoms with Gasteiger partial charge in [-0.2, -0.15) is 0 Å². The number of fused-ring (bicyclic) bond motifs is 2. The summed E-state index contributed by atoms with van der Waals surface area (Å²) in [7, 11) is 1.59. The van der Waals surface area contributed by atoms with Gasteiger partial charge in [0.05, 0.1) is 18.7 Å². The Bertz CT molecular complexity index is 1330. The second kappa shape index (κ2) is 10.6. The number of hydrogen-bond acceptors (Lipinski definition) is 8. The number of carbonyl (C=O) groups is 2. The molecule has 0 radical (unpaired) electrons. The van der Waals surface area contributed by atoms with Crippen molar-refractivity contribution in [2.45, 2.75) is 31.7 Å². The molecule has 1 aromatic heterocycles. The van der Waals surface area contributed by atoms with Gasteiger partial charge in [0, 0.05) is 43.2 Å². The first-order valence-electron chi connectivity index (χ1n) is 12.9. The molecule has 3 aliphatic rings. The average molecular weight is 535 g/mol. The number of nitrogens with one attached hydrogen (secondary N) is 1. The van der Waals surface area contributed by atoms with E-state index in [1.54, 1.807) is 31.4 Å². The third kappa shape index (κ3) is 5.06. The van der Waals surface area contributed by atoms with Crippen LogP contribution in [0.15, 0.2) is 42.5 Å². The molecule has 1 saturated heterocycles. The highest BCUT2D eigenvalue weighted by molar-refractivity contribution is 7.16. The highest BCUT2D eigenvalue weighted by Crippen LogP contribution is 2.38. The molecule has 6 rings (SSSR count). The first kappa shape index (κ1) is 24.7. The van der Waals surface area contributed by atoms with E-state index in [-0.39, 0.29) is 24.5 Å². The van der Waals surface area contributed by atoms with Crippen LogP contribution in [-0.2, 0) is 17.8 Å². The van der Waals surface area contributed by atoms with E-state index in [0.717, 1.165) is 61.0 Å². The number of amides is 2. The first-order chi connectivity index (χ1) is 18.6. The van der Waals surface area contributed by atoms with Crippen molar-refractivity contribution in [1.29, 1.82) is 0 Å². The van der Waals surface area contributed by atoms with Crippen molar-refractivity contribution >= 4 is 28.3 Å². The predicted octanol–water partition coefficient (Wildman–Crippen LogP) is 3.90. The molecule has 2 amide bonds. The summed E-state index contributed by atoms with van der Waals surface area (Å²) in [6, 6.07) is 13.0. The zero-order valence-electron chi connectivity index (χ0n) is 21.3. The number of anilines is 1. The van der Waals surface area contributed by atoms with E-state index < -0.39 is 0 Å². The molecule has 1 unspecified atom stereocenters.